The Balaban J connectivity index is 1.69. The molecule has 0 fully saturated rings. The van der Waals surface area contributed by atoms with Crippen molar-refractivity contribution in [1.29, 1.82) is 0 Å². The number of amides is 1. The van der Waals surface area contributed by atoms with Gasteiger partial charge in [-0.05, 0) is 17.7 Å². The van der Waals surface area contributed by atoms with Crippen molar-refractivity contribution in [2.75, 3.05) is 13.2 Å². The van der Waals surface area contributed by atoms with E-state index in [9.17, 15) is 23.1 Å². The third-order valence-electron chi connectivity index (χ3n) is 4.08. The van der Waals surface area contributed by atoms with Crippen LogP contribution in [-0.2, 0) is 11.0 Å². The maximum Gasteiger partial charge on any atom is 0.435 e. The Labute approximate surface area is 174 Å². The predicted octanol–water partition coefficient (Wildman–Crippen LogP) is 3.77. The zero-order chi connectivity index (χ0) is 21.7. The van der Waals surface area contributed by atoms with Crippen LogP contribution in [0.3, 0.4) is 0 Å². The summed E-state index contributed by atoms with van der Waals surface area (Å²) in [6.07, 6.45) is -5.63. The Bertz CT molecular complexity index is 1010. The Morgan fingerprint density at radius 3 is 2.50 bits per heavy atom. The van der Waals surface area contributed by atoms with Crippen molar-refractivity contribution in [1.82, 2.24) is 15.1 Å². The number of rotatable bonds is 7. The molecule has 1 atom stereocenters. The molecule has 6 nitrogen and oxygen atoms in total. The Kier molecular flexibility index (Phi) is 6.63. The van der Waals surface area contributed by atoms with Gasteiger partial charge in [-0.25, -0.2) is 0 Å². The van der Waals surface area contributed by atoms with Crippen LogP contribution in [0.2, 0.25) is 5.02 Å². The van der Waals surface area contributed by atoms with Crippen LogP contribution < -0.4 is 10.1 Å². The van der Waals surface area contributed by atoms with Gasteiger partial charge in [0.2, 0.25) is 5.88 Å². The number of halogens is 4. The van der Waals surface area contributed by atoms with Crippen LogP contribution in [0.4, 0.5) is 13.2 Å². The summed E-state index contributed by atoms with van der Waals surface area (Å²) in [5.74, 6) is -0.917. The lowest BCUT2D eigenvalue weighted by Crippen LogP contribution is -2.32. The van der Waals surface area contributed by atoms with Crippen LogP contribution in [0, 0.1) is 0 Å². The first-order valence-corrected chi connectivity index (χ1v) is 9.18. The van der Waals surface area contributed by atoms with Gasteiger partial charge in [0.25, 0.3) is 5.91 Å². The van der Waals surface area contributed by atoms with E-state index in [-0.39, 0.29) is 23.1 Å². The number of carbonyl (C=O) groups excluding carboxylic acids is 1. The van der Waals surface area contributed by atoms with Gasteiger partial charge in [0, 0.05) is 12.6 Å². The molecular formula is C20H17ClF3N3O3. The predicted molar refractivity (Wildman–Crippen MR) is 103 cm³/mol. The van der Waals surface area contributed by atoms with E-state index in [1.165, 1.54) is 12.1 Å². The number of aromatic nitrogens is 2. The summed E-state index contributed by atoms with van der Waals surface area (Å²) in [7, 11) is 0. The molecule has 3 aromatic rings. The van der Waals surface area contributed by atoms with Gasteiger partial charge < -0.3 is 15.2 Å². The van der Waals surface area contributed by atoms with E-state index in [2.05, 4.69) is 10.4 Å². The van der Waals surface area contributed by atoms with Crippen molar-refractivity contribution in [2.45, 2.75) is 12.3 Å². The number of aliphatic hydroxyl groups excluding tert-OH is 1. The number of para-hydroxylation sites is 1. The molecule has 0 aliphatic heterocycles. The highest BCUT2D eigenvalue weighted by molar-refractivity contribution is 6.32. The van der Waals surface area contributed by atoms with Crippen LogP contribution in [0.15, 0.2) is 60.7 Å². The molecule has 158 valence electrons. The summed E-state index contributed by atoms with van der Waals surface area (Å²) >= 11 is 6.06. The van der Waals surface area contributed by atoms with Crippen molar-refractivity contribution >= 4 is 17.5 Å². The molecule has 3 rings (SSSR count). The highest BCUT2D eigenvalue weighted by atomic mass is 35.5. The number of nitrogens with zero attached hydrogens (tertiary/aromatic N) is 2. The minimum atomic E-state index is -4.70. The Morgan fingerprint density at radius 1 is 1.17 bits per heavy atom. The van der Waals surface area contributed by atoms with Crippen molar-refractivity contribution in [3.05, 3.63) is 76.9 Å². The third-order valence-corrected chi connectivity index (χ3v) is 4.40. The van der Waals surface area contributed by atoms with Crippen molar-refractivity contribution in [3.8, 4) is 11.6 Å². The molecule has 0 spiro atoms. The molecule has 30 heavy (non-hydrogen) atoms. The normalized spacial score (nSPS) is 12.4. The van der Waals surface area contributed by atoms with Gasteiger partial charge in [-0.15, -0.1) is 0 Å². The largest absolute Gasteiger partial charge is 0.467 e. The minimum Gasteiger partial charge on any atom is -0.467 e. The summed E-state index contributed by atoms with van der Waals surface area (Å²) in [5.41, 5.74) is -0.396. The van der Waals surface area contributed by atoms with E-state index in [4.69, 9.17) is 16.3 Å². The van der Waals surface area contributed by atoms with Crippen molar-refractivity contribution in [3.63, 3.8) is 0 Å². The van der Waals surface area contributed by atoms with Crippen molar-refractivity contribution < 1.29 is 27.8 Å². The maximum absolute atomic E-state index is 13.1. The topological polar surface area (TPSA) is 76.4 Å². The van der Waals surface area contributed by atoms with Gasteiger partial charge in [0.1, 0.15) is 0 Å². The maximum atomic E-state index is 13.1. The molecular weight excluding hydrogens is 423 g/mol. The Hall–Kier alpha value is -3.04. The lowest BCUT2D eigenvalue weighted by atomic mass is 10.1. The van der Waals surface area contributed by atoms with E-state index in [0.717, 1.165) is 4.68 Å². The second-order valence-electron chi connectivity index (χ2n) is 6.25. The quantitative estimate of drug-likeness (QED) is 0.587. The average molecular weight is 440 g/mol. The second kappa shape index (κ2) is 9.19. The van der Waals surface area contributed by atoms with Crippen LogP contribution in [0.25, 0.3) is 5.69 Å². The molecule has 2 N–H and O–H groups in total. The van der Waals surface area contributed by atoms with Gasteiger partial charge in [-0.3, -0.25) is 4.79 Å². The Morgan fingerprint density at radius 2 is 1.83 bits per heavy atom. The van der Waals surface area contributed by atoms with Crippen LogP contribution >= 0.6 is 11.6 Å². The second-order valence-corrected chi connectivity index (χ2v) is 6.66. The summed E-state index contributed by atoms with van der Waals surface area (Å²) in [6, 6.07) is 15.5. The van der Waals surface area contributed by atoms with E-state index < -0.39 is 30.5 Å². The van der Waals surface area contributed by atoms with E-state index in [1.54, 1.807) is 42.5 Å². The van der Waals surface area contributed by atoms with Crippen LogP contribution in [0.1, 0.15) is 17.4 Å². The highest BCUT2D eigenvalue weighted by Gasteiger charge is 2.36. The van der Waals surface area contributed by atoms with Crippen LogP contribution in [-0.4, -0.2) is 33.9 Å². The van der Waals surface area contributed by atoms with Crippen molar-refractivity contribution in [2.24, 2.45) is 0 Å². The first-order valence-electron chi connectivity index (χ1n) is 8.80. The summed E-state index contributed by atoms with van der Waals surface area (Å²) < 4.78 is 45.4. The lowest BCUT2D eigenvalue weighted by molar-refractivity contribution is -0.141. The molecule has 2 aromatic carbocycles. The molecule has 0 saturated carbocycles. The zero-order valence-electron chi connectivity index (χ0n) is 15.4. The molecule has 0 radical (unpaired) electrons. The van der Waals surface area contributed by atoms with E-state index in [1.807, 2.05) is 0 Å². The lowest BCUT2D eigenvalue weighted by Gasteiger charge is -2.13. The smallest absolute Gasteiger partial charge is 0.435 e. The highest BCUT2D eigenvalue weighted by Crippen LogP contribution is 2.33. The van der Waals surface area contributed by atoms with E-state index in [0.29, 0.717) is 11.6 Å². The van der Waals surface area contributed by atoms with Crippen LogP contribution in [0.5, 0.6) is 5.88 Å². The zero-order valence-corrected chi connectivity index (χ0v) is 16.2. The average Bonchev–Trinajstić information content (AvgIpc) is 3.16. The molecule has 0 unspecified atom stereocenters. The number of benzene rings is 2. The molecule has 10 heteroatoms. The standard InChI is InChI=1S/C20H17ClF3N3O3/c21-14-8-4-5-9-15(14)27-19(10-17(26-27)20(22,23)24)30-12-18(29)25-11-16(28)13-6-2-1-3-7-13/h1-10,16,28H,11-12H2,(H,25,29)/t16-/m1/s1. The van der Waals surface area contributed by atoms with Gasteiger partial charge in [-0.1, -0.05) is 54.1 Å². The molecule has 1 heterocycles. The molecule has 0 saturated heterocycles. The summed E-state index contributed by atoms with van der Waals surface area (Å²) in [4.78, 5) is 12.0. The van der Waals surface area contributed by atoms with Gasteiger partial charge in [-0.2, -0.15) is 23.0 Å². The third kappa shape index (κ3) is 5.31. The summed E-state index contributed by atoms with van der Waals surface area (Å²) in [5, 5.41) is 16.2. The molecule has 0 bridgehead atoms. The number of nitrogens with one attached hydrogen (secondary N) is 1. The number of carbonyl (C=O) groups is 1. The van der Waals surface area contributed by atoms with Gasteiger partial charge in [0.15, 0.2) is 12.3 Å². The number of aliphatic hydroxyl groups is 1. The number of alkyl halides is 3. The first kappa shape index (κ1) is 21.7. The van der Waals surface area contributed by atoms with E-state index >= 15 is 0 Å². The number of ether oxygens (including phenoxy) is 1. The summed E-state index contributed by atoms with van der Waals surface area (Å²) in [6.45, 7) is -0.654. The first-order chi connectivity index (χ1) is 14.3. The fourth-order valence-corrected chi connectivity index (χ4v) is 2.81. The van der Waals surface area contributed by atoms with Gasteiger partial charge in [0.05, 0.1) is 16.8 Å². The molecule has 0 aliphatic rings. The SMILES string of the molecule is O=C(COc1cc(C(F)(F)F)nn1-c1ccccc1Cl)NC[C@@H](O)c1ccccc1. The molecule has 0 aliphatic carbocycles. The fourth-order valence-electron chi connectivity index (χ4n) is 2.60. The minimum absolute atomic E-state index is 0.0796. The molecule has 1 aromatic heterocycles. The van der Waals surface area contributed by atoms with Gasteiger partial charge >= 0.3 is 6.18 Å². The molecule has 1 amide bonds. The fraction of sp³-hybridized carbons (Fsp3) is 0.200. The number of hydrogen-bond donors (Lipinski definition) is 2. The monoisotopic (exact) mass is 439 g/mol. The number of hydrogen-bond acceptors (Lipinski definition) is 4.